The number of piperidine rings is 1. The Bertz CT molecular complexity index is 1070. The van der Waals surface area contributed by atoms with Crippen LogP contribution >= 0.6 is 0 Å². The Labute approximate surface area is 178 Å². The minimum absolute atomic E-state index is 0.0814. The Balaban J connectivity index is 1.54. The summed E-state index contributed by atoms with van der Waals surface area (Å²) in [6.07, 6.45) is 4.79. The number of hydrogen-bond acceptors (Lipinski definition) is 3. The predicted octanol–water partition coefficient (Wildman–Crippen LogP) is 4.35. The lowest BCUT2D eigenvalue weighted by atomic mass is 9.92. The fourth-order valence-electron chi connectivity index (χ4n) is 4.52. The van der Waals surface area contributed by atoms with Crippen LogP contribution in [0.15, 0.2) is 42.6 Å². The van der Waals surface area contributed by atoms with Crippen LogP contribution in [0.4, 0.5) is 0 Å². The Morgan fingerprint density at radius 3 is 2.70 bits per heavy atom. The lowest BCUT2D eigenvalue weighted by Gasteiger charge is -2.32. The van der Waals surface area contributed by atoms with Gasteiger partial charge < -0.3 is 4.90 Å². The fraction of sp³-hybridized carbons (Fsp3) is 0.400. The van der Waals surface area contributed by atoms with Crippen LogP contribution in [0.1, 0.15) is 62.9 Å². The molecule has 1 aliphatic rings. The zero-order valence-corrected chi connectivity index (χ0v) is 18.4. The van der Waals surface area contributed by atoms with Crippen molar-refractivity contribution in [2.75, 3.05) is 13.1 Å². The number of aromatic nitrogens is 3. The lowest BCUT2D eigenvalue weighted by molar-refractivity contribution is 0.0705. The summed E-state index contributed by atoms with van der Waals surface area (Å²) in [4.78, 5) is 19.9. The van der Waals surface area contributed by atoms with Gasteiger partial charge in [0.15, 0.2) is 0 Å². The van der Waals surface area contributed by atoms with Crippen molar-refractivity contribution >= 4 is 5.91 Å². The molecule has 4 rings (SSSR count). The van der Waals surface area contributed by atoms with Crippen molar-refractivity contribution in [1.29, 1.82) is 0 Å². The smallest absolute Gasteiger partial charge is 0.257 e. The number of nitrogens with zero attached hydrogens (tertiary/aromatic N) is 4. The molecule has 3 heterocycles. The molecule has 0 aliphatic carbocycles. The maximum Gasteiger partial charge on any atom is 0.257 e. The van der Waals surface area contributed by atoms with Crippen LogP contribution in [-0.4, -0.2) is 38.7 Å². The average Bonchev–Trinajstić information content (AvgIpc) is 3.05. The van der Waals surface area contributed by atoms with Crippen molar-refractivity contribution in [3.8, 4) is 0 Å². The Morgan fingerprint density at radius 1 is 1.13 bits per heavy atom. The Hall–Kier alpha value is -2.95. The van der Waals surface area contributed by atoms with Gasteiger partial charge in [0.2, 0.25) is 0 Å². The quantitative estimate of drug-likeness (QED) is 0.652. The number of likely N-dealkylation sites (tertiary alicyclic amines) is 1. The maximum atomic E-state index is 13.1. The van der Waals surface area contributed by atoms with E-state index in [0.29, 0.717) is 12.1 Å². The topological polar surface area (TPSA) is 51.0 Å². The molecule has 0 N–H and O–H groups in total. The molecule has 1 atom stereocenters. The first-order valence-electron chi connectivity index (χ1n) is 10.7. The molecule has 1 aliphatic heterocycles. The number of hydrogen-bond donors (Lipinski definition) is 0. The molecule has 1 fully saturated rings. The van der Waals surface area contributed by atoms with Gasteiger partial charge in [0, 0.05) is 43.6 Å². The van der Waals surface area contributed by atoms with Gasteiger partial charge in [-0.2, -0.15) is 5.10 Å². The zero-order valence-electron chi connectivity index (χ0n) is 18.4. The van der Waals surface area contributed by atoms with Gasteiger partial charge in [0.1, 0.15) is 0 Å². The van der Waals surface area contributed by atoms with Gasteiger partial charge in [0.25, 0.3) is 5.91 Å². The molecule has 0 bridgehead atoms. The van der Waals surface area contributed by atoms with E-state index in [-0.39, 0.29) is 11.8 Å². The third-order valence-electron chi connectivity index (χ3n) is 5.89. The van der Waals surface area contributed by atoms with Crippen LogP contribution in [0.3, 0.4) is 0 Å². The van der Waals surface area contributed by atoms with Gasteiger partial charge >= 0.3 is 0 Å². The van der Waals surface area contributed by atoms with E-state index < -0.39 is 0 Å². The minimum Gasteiger partial charge on any atom is -0.338 e. The summed E-state index contributed by atoms with van der Waals surface area (Å²) in [5.74, 6) is 0.355. The largest absolute Gasteiger partial charge is 0.338 e. The van der Waals surface area contributed by atoms with Crippen molar-refractivity contribution in [2.45, 2.75) is 46.0 Å². The third-order valence-corrected chi connectivity index (χ3v) is 5.89. The summed E-state index contributed by atoms with van der Waals surface area (Å²) in [6, 6.07) is 13.1. The van der Waals surface area contributed by atoms with Crippen LogP contribution in [0.5, 0.6) is 0 Å². The second-order valence-corrected chi connectivity index (χ2v) is 8.60. The second-order valence-electron chi connectivity index (χ2n) is 8.60. The zero-order chi connectivity index (χ0) is 21.3. The highest BCUT2D eigenvalue weighted by atomic mass is 16.2. The molecule has 156 valence electrons. The molecular formula is C25H30N4O. The highest BCUT2D eigenvalue weighted by Gasteiger charge is 2.28. The van der Waals surface area contributed by atoms with E-state index in [1.165, 1.54) is 16.7 Å². The standard InChI is InChI=1S/C25H30N4O/c1-17-7-5-8-20(11-17)13-21-12-18(2)26-24(14-21)22-9-6-10-29(15-22)25(30)23-16-28(4)27-19(23)3/h5,7-8,11-12,14,16,22H,6,9-10,13,15H2,1-4H3/t22-/m1/s1. The van der Waals surface area contributed by atoms with Gasteiger partial charge in [-0.05, 0) is 63.3 Å². The third kappa shape index (κ3) is 4.45. The molecule has 1 saturated heterocycles. The molecule has 0 saturated carbocycles. The van der Waals surface area contributed by atoms with Crippen molar-refractivity contribution in [2.24, 2.45) is 7.05 Å². The summed E-state index contributed by atoms with van der Waals surface area (Å²) in [5, 5.41) is 4.33. The van der Waals surface area contributed by atoms with Crippen LogP contribution in [0.25, 0.3) is 0 Å². The van der Waals surface area contributed by atoms with E-state index in [1.54, 1.807) is 4.68 Å². The monoisotopic (exact) mass is 402 g/mol. The molecule has 0 radical (unpaired) electrons. The summed E-state index contributed by atoms with van der Waals surface area (Å²) in [6.45, 7) is 7.60. The molecule has 5 heteroatoms. The SMILES string of the molecule is Cc1cccc(Cc2cc(C)nc([C@@H]3CCCN(C(=O)c4cn(C)nc4C)C3)c2)c1. The number of pyridine rings is 1. The van der Waals surface area contributed by atoms with Gasteiger partial charge in [-0.3, -0.25) is 14.5 Å². The highest BCUT2D eigenvalue weighted by Crippen LogP contribution is 2.28. The van der Waals surface area contributed by atoms with Crippen LogP contribution < -0.4 is 0 Å². The van der Waals surface area contributed by atoms with E-state index in [2.05, 4.69) is 55.3 Å². The number of aryl methyl sites for hydroxylation is 4. The van der Waals surface area contributed by atoms with Crippen LogP contribution in [-0.2, 0) is 13.5 Å². The second kappa shape index (κ2) is 8.42. The number of rotatable bonds is 4. The number of carbonyl (C=O) groups is 1. The van der Waals surface area contributed by atoms with E-state index in [1.807, 2.05) is 25.1 Å². The van der Waals surface area contributed by atoms with E-state index in [4.69, 9.17) is 4.98 Å². The first kappa shape index (κ1) is 20.3. The fourth-order valence-corrected chi connectivity index (χ4v) is 4.52. The average molecular weight is 403 g/mol. The summed E-state index contributed by atoms with van der Waals surface area (Å²) >= 11 is 0. The molecule has 2 aromatic heterocycles. The predicted molar refractivity (Wildman–Crippen MR) is 119 cm³/mol. The minimum atomic E-state index is 0.0814. The van der Waals surface area contributed by atoms with E-state index >= 15 is 0 Å². The van der Waals surface area contributed by atoms with Gasteiger partial charge in [-0.15, -0.1) is 0 Å². The molecular weight excluding hydrogens is 372 g/mol. The van der Waals surface area contributed by atoms with Crippen molar-refractivity contribution in [3.05, 3.63) is 81.9 Å². The Morgan fingerprint density at radius 2 is 1.97 bits per heavy atom. The molecule has 0 unspecified atom stereocenters. The molecule has 0 spiro atoms. The highest BCUT2D eigenvalue weighted by molar-refractivity contribution is 5.95. The van der Waals surface area contributed by atoms with Gasteiger partial charge in [-0.25, -0.2) is 0 Å². The molecule has 5 nitrogen and oxygen atoms in total. The van der Waals surface area contributed by atoms with Crippen molar-refractivity contribution in [3.63, 3.8) is 0 Å². The van der Waals surface area contributed by atoms with Crippen molar-refractivity contribution in [1.82, 2.24) is 19.7 Å². The maximum absolute atomic E-state index is 13.1. The van der Waals surface area contributed by atoms with Crippen LogP contribution in [0, 0.1) is 20.8 Å². The van der Waals surface area contributed by atoms with Crippen molar-refractivity contribution < 1.29 is 4.79 Å². The van der Waals surface area contributed by atoms with Gasteiger partial charge in [-0.1, -0.05) is 29.8 Å². The van der Waals surface area contributed by atoms with Gasteiger partial charge in [0.05, 0.1) is 11.3 Å². The normalized spacial score (nSPS) is 16.7. The van der Waals surface area contributed by atoms with E-state index in [9.17, 15) is 4.79 Å². The first-order chi connectivity index (χ1) is 14.4. The number of amides is 1. The van der Waals surface area contributed by atoms with E-state index in [0.717, 1.165) is 42.9 Å². The molecule has 1 amide bonds. The summed E-state index contributed by atoms with van der Waals surface area (Å²) in [7, 11) is 1.86. The number of carbonyl (C=O) groups excluding carboxylic acids is 1. The molecule has 3 aromatic rings. The van der Waals surface area contributed by atoms with Crippen LogP contribution in [0.2, 0.25) is 0 Å². The molecule has 30 heavy (non-hydrogen) atoms. The summed E-state index contributed by atoms with van der Waals surface area (Å²) < 4.78 is 1.71. The summed E-state index contributed by atoms with van der Waals surface area (Å²) in [5.41, 5.74) is 7.54. The molecule has 1 aromatic carbocycles. The Kier molecular flexibility index (Phi) is 5.71. The lowest BCUT2D eigenvalue weighted by Crippen LogP contribution is -2.39. The first-order valence-corrected chi connectivity index (χ1v) is 10.7. The number of benzene rings is 1.